The van der Waals surface area contributed by atoms with Crippen molar-refractivity contribution in [3.05, 3.63) is 46.8 Å². The summed E-state index contributed by atoms with van der Waals surface area (Å²) in [4.78, 5) is 12.6. The maximum atomic E-state index is 13.0. The molecule has 0 fully saturated rings. The number of carbonyl (C=O) groups excluding carboxylic acids is 1. The van der Waals surface area contributed by atoms with Crippen LogP contribution in [-0.2, 0) is 21.2 Å². The van der Waals surface area contributed by atoms with Crippen molar-refractivity contribution in [2.45, 2.75) is 17.6 Å². The van der Waals surface area contributed by atoms with Crippen molar-refractivity contribution in [2.24, 2.45) is 0 Å². The molecular weight excluding hydrogens is 346 g/mol. The third-order valence-corrected chi connectivity index (χ3v) is 6.00. The Morgan fingerprint density at radius 2 is 1.91 bits per heavy atom. The van der Waals surface area contributed by atoms with Gasteiger partial charge in [-0.3, -0.25) is 4.79 Å². The van der Waals surface area contributed by atoms with E-state index in [-0.39, 0.29) is 9.90 Å². The molecule has 5 nitrogen and oxygen atoms in total. The summed E-state index contributed by atoms with van der Waals surface area (Å²) in [5, 5.41) is 2.28. The fraction of sp³-hybridized carbons (Fsp3) is 0.214. The van der Waals surface area contributed by atoms with E-state index >= 15 is 0 Å². The molecule has 23 heavy (non-hydrogen) atoms. The van der Waals surface area contributed by atoms with Crippen LogP contribution in [0.4, 0.5) is 14.5 Å². The second-order valence-electron chi connectivity index (χ2n) is 4.58. The lowest BCUT2D eigenvalue weighted by molar-refractivity contribution is -0.115. The van der Waals surface area contributed by atoms with Gasteiger partial charge in [0.2, 0.25) is 5.91 Å². The summed E-state index contributed by atoms with van der Waals surface area (Å²) in [5.41, 5.74) is 0.0393. The molecule has 0 atom stereocenters. The predicted octanol–water partition coefficient (Wildman–Crippen LogP) is 2.51. The summed E-state index contributed by atoms with van der Waals surface area (Å²) in [7, 11) is -3.78. The molecule has 0 aliphatic rings. The van der Waals surface area contributed by atoms with Crippen molar-refractivity contribution in [3.63, 3.8) is 0 Å². The molecule has 0 spiro atoms. The third kappa shape index (κ3) is 4.57. The fourth-order valence-electron chi connectivity index (χ4n) is 1.70. The lowest BCUT2D eigenvalue weighted by atomic mass is 10.3. The quantitative estimate of drug-likeness (QED) is 0.831. The minimum Gasteiger partial charge on any atom is -0.325 e. The molecule has 0 radical (unpaired) electrons. The van der Waals surface area contributed by atoms with E-state index in [0.717, 1.165) is 34.8 Å². The summed E-state index contributed by atoms with van der Waals surface area (Å²) < 4.78 is 52.1. The van der Waals surface area contributed by atoms with Crippen LogP contribution in [-0.4, -0.2) is 20.9 Å². The first kappa shape index (κ1) is 17.5. The smallest absolute Gasteiger partial charge is 0.250 e. The number of hydrogen-bond donors (Lipinski definition) is 2. The second kappa shape index (κ2) is 7.16. The van der Waals surface area contributed by atoms with Crippen molar-refractivity contribution in [1.82, 2.24) is 4.72 Å². The van der Waals surface area contributed by atoms with Gasteiger partial charge in [0.1, 0.15) is 4.21 Å². The molecule has 124 valence electrons. The van der Waals surface area contributed by atoms with Crippen molar-refractivity contribution >= 4 is 33.0 Å². The molecule has 0 unspecified atom stereocenters. The van der Waals surface area contributed by atoms with Gasteiger partial charge in [0.05, 0.1) is 6.54 Å². The Hall–Kier alpha value is -1.84. The average molecular weight is 360 g/mol. The molecular formula is C14H14F2N2O3S2. The largest absolute Gasteiger partial charge is 0.325 e. The molecule has 0 bridgehead atoms. The Balaban J connectivity index is 1.96. The van der Waals surface area contributed by atoms with E-state index < -0.39 is 34.1 Å². The molecule has 2 aromatic rings. The maximum Gasteiger partial charge on any atom is 0.250 e. The lowest BCUT2D eigenvalue weighted by Crippen LogP contribution is -2.32. The van der Waals surface area contributed by atoms with Crippen molar-refractivity contribution in [2.75, 3.05) is 11.9 Å². The number of anilines is 1. The summed E-state index contributed by atoms with van der Waals surface area (Å²) in [5.74, 6) is -2.82. The Bertz CT molecular complexity index is 819. The molecule has 2 N–H and O–H groups in total. The Labute approximate surface area is 136 Å². The van der Waals surface area contributed by atoms with Crippen LogP contribution in [0, 0.1) is 11.6 Å². The van der Waals surface area contributed by atoms with Gasteiger partial charge in [0.25, 0.3) is 10.0 Å². The van der Waals surface area contributed by atoms with E-state index in [0.29, 0.717) is 0 Å². The van der Waals surface area contributed by atoms with Crippen LogP contribution >= 0.6 is 11.3 Å². The number of aryl methyl sites for hydroxylation is 1. The van der Waals surface area contributed by atoms with Gasteiger partial charge in [-0.1, -0.05) is 6.92 Å². The zero-order valence-corrected chi connectivity index (χ0v) is 13.7. The van der Waals surface area contributed by atoms with Gasteiger partial charge in [-0.2, -0.15) is 0 Å². The van der Waals surface area contributed by atoms with E-state index in [1.807, 2.05) is 6.92 Å². The summed E-state index contributed by atoms with van der Waals surface area (Å²) in [6.07, 6.45) is 0.719. The summed E-state index contributed by atoms with van der Waals surface area (Å²) in [6.45, 7) is 1.39. The van der Waals surface area contributed by atoms with E-state index in [1.54, 1.807) is 6.07 Å². The predicted molar refractivity (Wildman–Crippen MR) is 83.9 cm³/mol. The number of benzene rings is 1. The van der Waals surface area contributed by atoms with E-state index in [9.17, 15) is 22.0 Å². The molecule has 0 aliphatic carbocycles. The van der Waals surface area contributed by atoms with Gasteiger partial charge in [0.15, 0.2) is 11.6 Å². The first-order valence-corrected chi connectivity index (χ1v) is 8.95. The number of rotatable bonds is 6. The van der Waals surface area contributed by atoms with Crippen LogP contribution in [0.15, 0.2) is 34.5 Å². The van der Waals surface area contributed by atoms with Crippen molar-refractivity contribution < 1.29 is 22.0 Å². The summed E-state index contributed by atoms with van der Waals surface area (Å²) >= 11 is 1.13. The van der Waals surface area contributed by atoms with Crippen molar-refractivity contribution in [3.8, 4) is 0 Å². The third-order valence-electron chi connectivity index (χ3n) is 2.88. The highest BCUT2D eigenvalue weighted by Crippen LogP contribution is 2.21. The zero-order chi connectivity index (χ0) is 17.0. The Kier molecular flexibility index (Phi) is 5.45. The van der Waals surface area contributed by atoms with Gasteiger partial charge in [0, 0.05) is 16.6 Å². The van der Waals surface area contributed by atoms with E-state index in [4.69, 9.17) is 0 Å². The molecule has 1 aromatic carbocycles. The topological polar surface area (TPSA) is 75.3 Å². The molecule has 1 heterocycles. The van der Waals surface area contributed by atoms with Crippen LogP contribution in [0.2, 0.25) is 0 Å². The summed E-state index contributed by atoms with van der Waals surface area (Å²) in [6, 6.07) is 6.04. The number of nitrogens with one attached hydrogen (secondary N) is 2. The van der Waals surface area contributed by atoms with Gasteiger partial charge in [-0.05, 0) is 30.7 Å². The Morgan fingerprint density at radius 1 is 1.17 bits per heavy atom. The molecule has 1 amide bonds. The molecule has 9 heteroatoms. The first-order chi connectivity index (χ1) is 10.8. The van der Waals surface area contributed by atoms with Gasteiger partial charge in [-0.25, -0.2) is 21.9 Å². The first-order valence-electron chi connectivity index (χ1n) is 6.65. The van der Waals surface area contributed by atoms with Crippen LogP contribution in [0.3, 0.4) is 0 Å². The lowest BCUT2D eigenvalue weighted by Gasteiger charge is -2.07. The van der Waals surface area contributed by atoms with Crippen LogP contribution in [0.5, 0.6) is 0 Å². The normalized spacial score (nSPS) is 11.4. The maximum absolute atomic E-state index is 13.0. The average Bonchev–Trinajstić information content (AvgIpc) is 2.99. The van der Waals surface area contributed by atoms with Crippen molar-refractivity contribution in [1.29, 1.82) is 0 Å². The number of halogens is 2. The van der Waals surface area contributed by atoms with Crippen LogP contribution in [0.1, 0.15) is 11.8 Å². The highest BCUT2D eigenvalue weighted by atomic mass is 32.2. The number of sulfonamides is 1. The molecule has 0 aliphatic heterocycles. The monoisotopic (exact) mass is 360 g/mol. The molecule has 0 saturated heterocycles. The minimum atomic E-state index is -3.78. The van der Waals surface area contributed by atoms with Gasteiger partial charge >= 0.3 is 0 Å². The highest BCUT2D eigenvalue weighted by Gasteiger charge is 2.18. The van der Waals surface area contributed by atoms with Crippen LogP contribution < -0.4 is 10.0 Å². The van der Waals surface area contributed by atoms with Crippen LogP contribution in [0.25, 0.3) is 0 Å². The number of carbonyl (C=O) groups is 1. The van der Waals surface area contributed by atoms with Gasteiger partial charge < -0.3 is 5.32 Å². The Morgan fingerprint density at radius 3 is 2.52 bits per heavy atom. The molecule has 1 aromatic heterocycles. The fourth-order valence-corrected chi connectivity index (χ4v) is 4.03. The minimum absolute atomic E-state index is 0.0393. The van der Waals surface area contributed by atoms with E-state index in [2.05, 4.69) is 10.0 Å². The van der Waals surface area contributed by atoms with E-state index in [1.165, 1.54) is 12.1 Å². The van der Waals surface area contributed by atoms with Gasteiger partial charge in [-0.15, -0.1) is 11.3 Å². The zero-order valence-electron chi connectivity index (χ0n) is 12.1. The SMILES string of the molecule is CCc1ccc(S(=O)(=O)NCC(=O)Nc2ccc(F)c(F)c2)s1. The molecule has 0 saturated carbocycles. The number of amides is 1. The highest BCUT2D eigenvalue weighted by molar-refractivity contribution is 7.91. The second-order valence-corrected chi connectivity index (χ2v) is 7.74. The molecule has 2 rings (SSSR count). The standard InChI is InChI=1S/C14H14F2N2O3S2/c1-2-10-4-6-14(22-10)23(20,21)17-8-13(19)18-9-3-5-11(15)12(16)7-9/h3-7,17H,2,8H2,1H3,(H,18,19). The number of thiophene rings is 1. The number of hydrogen-bond acceptors (Lipinski definition) is 4.